The van der Waals surface area contributed by atoms with E-state index in [-0.39, 0.29) is 57.3 Å². The molecular weight excluding hydrogens is 841 g/mol. The second-order valence-electron chi connectivity index (χ2n) is 15.9. The SMILES string of the molecule is C/C=C/CC[C@H](NC(=O)[C@H](CC(C)C)NC(=O)CNC(=O)[C@H](Cc1ccccc1)NC(=O)[C@H](Cc1ccccc1)NC(=O)[C@H](CCC(N)=O)NC(=O)[C@H](CCC(N)=O)NC(C)=O)C(N)=O. The minimum absolute atomic E-state index is 0.0563. The van der Waals surface area contributed by atoms with Gasteiger partial charge in [-0.2, -0.15) is 0 Å². The first-order valence-electron chi connectivity index (χ1n) is 21.4. The molecule has 2 rings (SSSR count). The number of amides is 10. The molecule has 0 saturated heterocycles. The van der Waals surface area contributed by atoms with Gasteiger partial charge in [-0.15, -0.1) is 0 Å². The maximum Gasteiger partial charge on any atom is 0.243 e. The molecule has 20 nitrogen and oxygen atoms in total. The summed E-state index contributed by atoms with van der Waals surface area (Å²) in [6.45, 7) is 6.04. The Kier molecular flexibility index (Phi) is 23.7. The zero-order chi connectivity index (χ0) is 48.5. The van der Waals surface area contributed by atoms with Crippen molar-refractivity contribution in [3.05, 3.63) is 83.9 Å². The molecule has 0 aromatic heterocycles. The predicted molar refractivity (Wildman–Crippen MR) is 240 cm³/mol. The molecule has 0 aliphatic heterocycles. The van der Waals surface area contributed by atoms with Gasteiger partial charge in [-0.3, -0.25) is 47.9 Å². The first-order valence-corrected chi connectivity index (χ1v) is 21.4. The van der Waals surface area contributed by atoms with Crippen LogP contribution in [0.5, 0.6) is 0 Å². The number of benzene rings is 2. The summed E-state index contributed by atoms with van der Waals surface area (Å²) in [6, 6.07) is 9.73. The van der Waals surface area contributed by atoms with E-state index in [1.54, 1.807) is 66.7 Å². The van der Waals surface area contributed by atoms with Gasteiger partial charge in [-0.25, -0.2) is 0 Å². The van der Waals surface area contributed by atoms with E-state index < -0.39 is 102 Å². The molecular formula is C45H64N10O10. The number of hydrogen-bond donors (Lipinski definition) is 10. The molecule has 0 aliphatic carbocycles. The van der Waals surface area contributed by atoms with E-state index in [1.165, 1.54) is 0 Å². The number of allylic oxidation sites excluding steroid dienone is 2. The molecule has 6 atom stereocenters. The van der Waals surface area contributed by atoms with Crippen molar-refractivity contribution in [3.63, 3.8) is 0 Å². The summed E-state index contributed by atoms with van der Waals surface area (Å²) in [5.74, 6) is -7.69. The Hall–Kier alpha value is -7.12. The number of hydrogen-bond acceptors (Lipinski definition) is 10. The average molecular weight is 905 g/mol. The van der Waals surface area contributed by atoms with Crippen molar-refractivity contribution in [1.29, 1.82) is 0 Å². The topological polar surface area (TPSA) is 333 Å². The number of nitrogens with two attached hydrogens (primary N) is 3. The van der Waals surface area contributed by atoms with Crippen LogP contribution >= 0.6 is 0 Å². The normalized spacial score (nSPS) is 13.7. The van der Waals surface area contributed by atoms with Crippen LogP contribution < -0.4 is 54.4 Å². The molecule has 2 aromatic rings. The Balaban J connectivity index is 2.38. The quantitative estimate of drug-likeness (QED) is 0.0441. The first kappa shape index (κ1) is 54.0. The fourth-order valence-corrected chi connectivity index (χ4v) is 6.52. The van der Waals surface area contributed by atoms with E-state index in [4.69, 9.17) is 17.2 Å². The Morgan fingerprint density at radius 2 is 0.969 bits per heavy atom. The molecule has 0 radical (unpaired) electrons. The standard InChI is InChI=1S/C45H64N10O10/c1-5-6-9-18-31(40(48)60)52-44(64)34(23-27(2)3)51-39(59)26-49-41(61)35(24-29-14-10-7-11-15-29)54-45(65)36(25-30-16-12-8-13-17-30)55-43(63)33(20-22-38(47)58)53-42(62)32(50-28(4)56)19-21-37(46)57/h5-8,10-17,27,31-36H,9,18-26H2,1-4H3,(H2,46,57)(H2,47,58)(H2,48,60)(H,49,61)(H,50,56)(H,51,59)(H,52,64)(H,53,62)(H,54,65)(H,55,63)/b6-5+/t31-,32-,33-,34-,35-,36-/m0/s1. The van der Waals surface area contributed by atoms with Crippen molar-refractivity contribution in [2.45, 2.75) is 122 Å². The summed E-state index contributed by atoms with van der Waals surface area (Å²) in [5, 5.41) is 17.9. The van der Waals surface area contributed by atoms with Gasteiger partial charge in [0, 0.05) is 32.6 Å². The lowest BCUT2D eigenvalue weighted by Crippen LogP contribution is -2.59. The van der Waals surface area contributed by atoms with Crippen LogP contribution in [-0.2, 0) is 60.8 Å². The number of carbonyl (C=O) groups is 10. The third kappa shape index (κ3) is 21.7. The molecule has 0 unspecified atom stereocenters. The Morgan fingerprint density at radius 3 is 1.42 bits per heavy atom. The van der Waals surface area contributed by atoms with Gasteiger partial charge in [-0.1, -0.05) is 86.7 Å². The van der Waals surface area contributed by atoms with Gasteiger partial charge in [0.25, 0.3) is 0 Å². The third-order valence-corrected chi connectivity index (χ3v) is 9.82. The van der Waals surface area contributed by atoms with E-state index >= 15 is 0 Å². The van der Waals surface area contributed by atoms with Crippen LogP contribution in [0.3, 0.4) is 0 Å². The van der Waals surface area contributed by atoms with Gasteiger partial charge in [0.2, 0.25) is 59.1 Å². The van der Waals surface area contributed by atoms with Gasteiger partial charge in [0.1, 0.15) is 36.3 Å². The minimum atomic E-state index is -1.46. The maximum absolute atomic E-state index is 14.2. The van der Waals surface area contributed by atoms with Crippen molar-refractivity contribution in [2.75, 3.05) is 6.54 Å². The van der Waals surface area contributed by atoms with Crippen molar-refractivity contribution in [1.82, 2.24) is 37.2 Å². The van der Waals surface area contributed by atoms with Crippen molar-refractivity contribution in [2.24, 2.45) is 23.1 Å². The predicted octanol–water partition coefficient (Wildman–Crippen LogP) is -1.06. The average Bonchev–Trinajstić information content (AvgIpc) is 3.24. The molecule has 0 fully saturated rings. The molecule has 0 spiro atoms. The Morgan fingerprint density at radius 1 is 0.538 bits per heavy atom. The summed E-state index contributed by atoms with van der Waals surface area (Å²) in [7, 11) is 0. The highest BCUT2D eigenvalue weighted by molar-refractivity contribution is 5.97. The molecule has 2 aromatic carbocycles. The number of primary amides is 3. The minimum Gasteiger partial charge on any atom is -0.370 e. The van der Waals surface area contributed by atoms with Crippen LogP contribution in [0.1, 0.15) is 83.8 Å². The summed E-state index contributed by atoms with van der Waals surface area (Å²) < 4.78 is 0. The molecule has 13 N–H and O–H groups in total. The number of nitrogens with one attached hydrogen (secondary N) is 7. The fraction of sp³-hybridized carbons (Fsp3) is 0.467. The molecule has 0 bridgehead atoms. The van der Waals surface area contributed by atoms with Gasteiger partial charge < -0.3 is 54.4 Å². The summed E-state index contributed by atoms with van der Waals surface area (Å²) in [6.07, 6.45) is 3.26. The van der Waals surface area contributed by atoms with Gasteiger partial charge >= 0.3 is 0 Å². The Labute approximate surface area is 378 Å². The smallest absolute Gasteiger partial charge is 0.243 e. The molecule has 0 saturated carbocycles. The second kappa shape index (κ2) is 28.5. The van der Waals surface area contributed by atoms with Crippen LogP contribution in [-0.4, -0.2) is 102 Å². The molecule has 354 valence electrons. The third-order valence-electron chi connectivity index (χ3n) is 9.82. The van der Waals surface area contributed by atoms with E-state index in [2.05, 4.69) is 37.2 Å². The molecule has 10 amide bonds. The van der Waals surface area contributed by atoms with Crippen molar-refractivity contribution < 1.29 is 47.9 Å². The van der Waals surface area contributed by atoms with E-state index in [0.29, 0.717) is 17.5 Å². The van der Waals surface area contributed by atoms with Crippen molar-refractivity contribution >= 4 is 59.1 Å². The van der Waals surface area contributed by atoms with E-state index in [0.717, 1.165) is 6.92 Å². The van der Waals surface area contributed by atoms with Crippen molar-refractivity contribution in [3.8, 4) is 0 Å². The highest BCUT2D eigenvalue weighted by Crippen LogP contribution is 2.11. The first-order chi connectivity index (χ1) is 30.8. The van der Waals surface area contributed by atoms with Gasteiger partial charge in [0.05, 0.1) is 6.54 Å². The van der Waals surface area contributed by atoms with Gasteiger partial charge in [-0.05, 0) is 56.1 Å². The highest BCUT2D eigenvalue weighted by atomic mass is 16.2. The molecule has 65 heavy (non-hydrogen) atoms. The number of rotatable bonds is 29. The lowest BCUT2D eigenvalue weighted by atomic mass is 10.0. The van der Waals surface area contributed by atoms with Crippen LogP contribution in [0.15, 0.2) is 72.8 Å². The lowest BCUT2D eigenvalue weighted by Gasteiger charge is -2.27. The van der Waals surface area contributed by atoms with Crippen LogP contribution in [0.25, 0.3) is 0 Å². The number of carbonyl (C=O) groups excluding carboxylic acids is 10. The fourth-order valence-electron chi connectivity index (χ4n) is 6.52. The molecule has 0 heterocycles. The highest BCUT2D eigenvalue weighted by Gasteiger charge is 2.33. The van der Waals surface area contributed by atoms with Crippen LogP contribution in [0, 0.1) is 5.92 Å². The zero-order valence-corrected chi connectivity index (χ0v) is 37.4. The lowest BCUT2D eigenvalue weighted by molar-refractivity contribution is -0.135. The van der Waals surface area contributed by atoms with Gasteiger partial charge in [0.15, 0.2) is 0 Å². The van der Waals surface area contributed by atoms with Crippen LogP contribution in [0.2, 0.25) is 0 Å². The molecule has 20 heteroatoms. The second-order valence-corrected chi connectivity index (χ2v) is 15.9. The molecule has 0 aliphatic rings. The maximum atomic E-state index is 14.2. The monoisotopic (exact) mass is 904 g/mol. The summed E-state index contributed by atoms with van der Waals surface area (Å²) in [4.78, 5) is 129. The largest absolute Gasteiger partial charge is 0.370 e. The Bertz CT molecular complexity index is 1980. The van der Waals surface area contributed by atoms with Crippen LogP contribution in [0.4, 0.5) is 0 Å². The summed E-state index contributed by atoms with van der Waals surface area (Å²) >= 11 is 0. The van der Waals surface area contributed by atoms with E-state index in [9.17, 15) is 47.9 Å². The zero-order valence-electron chi connectivity index (χ0n) is 37.4. The summed E-state index contributed by atoms with van der Waals surface area (Å²) in [5.41, 5.74) is 17.4. The van der Waals surface area contributed by atoms with E-state index in [1.807, 2.05) is 26.8 Å².